The number of carboxylic acid groups (broad SMARTS) is 1. The highest BCUT2D eigenvalue weighted by atomic mass is 16.5. The molecule has 0 aliphatic rings. The fourth-order valence-electron chi connectivity index (χ4n) is 2.92. The Kier molecular flexibility index (Phi) is 6.63. The lowest BCUT2D eigenvalue weighted by molar-refractivity contribution is -0.139. The number of rotatable bonds is 9. The van der Waals surface area contributed by atoms with Crippen LogP contribution in [0.5, 0.6) is 5.75 Å². The van der Waals surface area contributed by atoms with Gasteiger partial charge in [-0.15, -0.1) is 0 Å². The molecule has 148 valence electrons. The van der Waals surface area contributed by atoms with Crippen molar-refractivity contribution in [3.05, 3.63) is 95.3 Å². The first-order valence-electron chi connectivity index (χ1n) is 9.40. The van der Waals surface area contributed by atoms with Crippen LogP contribution in [0.15, 0.2) is 72.9 Å². The van der Waals surface area contributed by atoms with Crippen molar-refractivity contribution in [3.8, 4) is 5.75 Å². The zero-order valence-corrected chi connectivity index (χ0v) is 16.2. The number of ketones is 1. The summed E-state index contributed by atoms with van der Waals surface area (Å²) in [5.74, 6) is -0.453. The first kappa shape index (κ1) is 20.1. The minimum Gasteiger partial charge on any atom is -0.482 e. The molecule has 0 saturated carbocycles. The summed E-state index contributed by atoms with van der Waals surface area (Å²) in [5.41, 5.74) is 3.50. The molecule has 0 spiro atoms. The molecule has 3 rings (SSSR count). The highest BCUT2D eigenvalue weighted by Crippen LogP contribution is 2.15. The lowest BCUT2D eigenvalue weighted by Gasteiger charge is -2.07. The van der Waals surface area contributed by atoms with Crippen LogP contribution in [0.3, 0.4) is 0 Å². The van der Waals surface area contributed by atoms with E-state index in [4.69, 9.17) is 9.84 Å². The highest BCUT2D eigenvalue weighted by Gasteiger charge is 2.12. The Morgan fingerprint density at radius 3 is 2.45 bits per heavy atom. The average Bonchev–Trinajstić information content (AvgIpc) is 3.19. The Balaban J connectivity index is 1.56. The fourth-order valence-corrected chi connectivity index (χ4v) is 2.92. The molecule has 5 heteroatoms. The number of hydrogen-bond donors (Lipinski definition) is 1. The molecule has 2 aromatic carbocycles. The van der Waals surface area contributed by atoms with E-state index in [0.29, 0.717) is 23.6 Å². The van der Waals surface area contributed by atoms with Crippen molar-refractivity contribution >= 4 is 17.8 Å². The van der Waals surface area contributed by atoms with Crippen LogP contribution < -0.4 is 4.74 Å². The Morgan fingerprint density at radius 2 is 1.76 bits per heavy atom. The summed E-state index contributed by atoms with van der Waals surface area (Å²) in [5, 5.41) is 8.62. The third-order valence-electron chi connectivity index (χ3n) is 4.47. The molecule has 0 radical (unpaired) electrons. The molecule has 0 amide bonds. The molecule has 0 aliphatic carbocycles. The van der Waals surface area contributed by atoms with E-state index in [9.17, 15) is 9.59 Å². The van der Waals surface area contributed by atoms with Gasteiger partial charge in [-0.2, -0.15) is 0 Å². The first-order valence-corrected chi connectivity index (χ1v) is 9.40. The van der Waals surface area contributed by atoms with E-state index in [1.54, 1.807) is 12.1 Å². The van der Waals surface area contributed by atoms with E-state index in [1.165, 1.54) is 0 Å². The molecule has 3 aromatic rings. The summed E-state index contributed by atoms with van der Waals surface area (Å²) in [7, 11) is 0. The predicted octanol–water partition coefficient (Wildman–Crippen LogP) is 4.59. The van der Waals surface area contributed by atoms with E-state index in [-0.39, 0.29) is 12.4 Å². The minimum absolute atomic E-state index is 0.0240. The highest BCUT2D eigenvalue weighted by molar-refractivity contribution is 6.08. The van der Waals surface area contributed by atoms with E-state index in [1.807, 2.05) is 78.4 Å². The Morgan fingerprint density at radius 1 is 1.03 bits per heavy atom. The van der Waals surface area contributed by atoms with Crippen LogP contribution in [0.2, 0.25) is 0 Å². The van der Waals surface area contributed by atoms with Crippen molar-refractivity contribution in [1.29, 1.82) is 0 Å². The van der Waals surface area contributed by atoms with Gasteiger partial charge in [0, 0.05) is 18.3 Å². The van der Waals surface area contributed by atoms with Crippen LogP contribution >= 0.6 is 0 Å². The van der Waals surface area contributed by atoms with Gasteiger partial charge in [0.2, 0.25) is 5.78 Å². The van der Waals surface area contributed by atoms with Gasteiger partial charge in [0.05, 0.1) is 5.69 Å². The van der Waals surface area contributed by atoms with Crippen LogP contribution in [0, 0.1) is 6.92 Å². The average molecular weight is 389 g/mol. The molecule has 29 heavy (non-hydrogen) atoms. The second kappa shape index (κ2) is 9.55. The summed E-state index contributed by atoms with van der Waals surface area (Å²) in [6.07, 6.45) is 6.74. The van der Waals surface area contributed by atoms with Gasteiger partial charge in [0.25, 0.3) is 0 Å². The van der Waals surface area contributed by atoms with Crippen LogP contribution in [0.4, 0.5) is 0 Å². The number of aliphatic carboxylic acids is 1. The summed E-state index contributed by atoms with van der Waals surface area (Å²) < 4.78 is 7.08. The maximum Gasteiger partial charge on any atom is 0.341 e. The topological polar surface area (TPSA) is 68.5 Å². The number of aryl methyl sites for hydroxylation is 2. The first-order chi connectivity index (χ1) is 14.0. The summed E-state index contributed by atoms with van der Waals surface area (Å²) in [4.78, 5) is 23.2. The number of carbonyl (C=O) groups is 2. The van der Waals surface area contributed by atoms with Gasteiger partial charge in [-0.05, 0) is 43.2 Å². The van der Waals surface area contributed by atoms with Gasteiger partial charge in [-0.25, -0.2) is 4.79 Å². The number of carbonyl (C=O) groups excluding carboxylic acids is 1. The summed E-state index contributed by atoms with van der Waals surface area (Å²) in [6, 6.07) is 18.6. The number of ether oxygens (including phenoxy) is 1. The molecular weight excluding hydrogens is 366 g/mol. The lowest BCUT2D eigenvalue weighted by atomic mass is 10.1. The van der Waals surface area contributed by atoms with Crippen LogP contribution in [-0.4, -0.2) is 28.0 Å². The van der Waals surface area contributed by atoms with Crippen molar-refractivity contribution < 1.29 is 19.4 Å². The Labute approximate surface area is 169 Å². The third kappa shape index (κ3) is 5.69. The van der Waals surface area contributed by atoms with Crippen molar-refractivity contribution in [2.45, 2.75) is 19.9 Å². The van der Waals surface area contributed by atoms with Crippen LogP contribution in [0.25, 0.3) is 6.08 Å². The van der Waals surface area contributed by atoms with Crippen molar-refractivity contribution in [2.75, 3.05) is 6.61 Å². The molecule has 5 nitrogen and oxygen atoms in total. The van der Waals surface area contributed by atoms with Crippen molar-refractivity contribution in [2.24, 2.45) is 0 Å². The monoisotopic (exact) mass is 389 g/mol. The van der Waals surface area contributed by atoms with Crippen molar-refractivity contribution in [1.82, 2.24) is 4.57 Å². The number of allylic oxidation sites excluding steroid dienone is 1. The normalized spacial score (nSPS) is 10.9. The van der Waals surface area contributed by atoms with E-state index < -0.39 is 5.97 Å². The van der Waals surface area contributed by atoms with E-state index in [0.717, 1.165) is 17.5 Å². The van der Waals surface area contributed by atoms with Crippen molar-refractivity contribution in [3.63, 3.8) is 0 Å². The second-order valence-corrected chi connectivity index (χ2v) is 6.72. The van der Waals surface area contributed by atoms with E-state index >= 15 is 0 Å². The summed E-state index contributed by atoms with van der Waals surface area (Å²) >= 11 is 0. The molecular formula is C24H23NO4. The minimum atomic E-state index is -1.00. The quantitative estimate of drug-likeness (QED) is 0.543. The smallest absolute Gasteiger partial charge is 0.341 e. The van der Waals surface area contributed by atoms with Gasteiger partial charge in [0.1, 0.15) is 5.75 Å². The van der Waals surface area contributed by atoms with Gasteiger partial charge in [0.15, 0.2) is 6.61 Å². The lowest BCUT2D eigenvalue weighted by Crippen LogP contribution is -2.09. The van der Waals surface area contributed by atoms with Gasteiger partial charge in [-0.1, -0.05) is 54.1 Å². The van der Waals surface area contributed by atoms with Gasteiger partial charge < -0.3 is 14.4 Å². The molecule has 0 saturated heterocycles. The molecule has 0 atom stereocenters. The molecule has 0 fully saturated rings. The zero-order chi connectivity index (χ0) is 20.6. The SMILES string of the molecule is Cc1ccc(C(=O)c2cccn2CC/C=C/c2ccc(OCC(=O)O)cc2)cc1. The maximum absolute atomic E-state index is 12.7. The van der Waals surface area contributed by atoms with Crippen LogP contribution in [0.1, 0.15) is 33.6 Å². The second-order valence-electron chi connectivity index (χ2n) is 6.72. The molecule has 0 bridgehead atoms. The fraction of sp³-hybridized carbons (Fsp3) is 0.167. The largest absolute Gasteiger partial charge is 0.482 e. The molecule has 1 N–H and O–H groups in total. The number of benzene rings is 2. The summed E-state index contributed by atoms with van der Waals surface area (Å²) in [6.45, 7) is 2.35. The zero-order valence-electron chi connectivity index (χ0n) is 16.2. The maximum atomic E-state index is 12.7. The number of hydrogen-bond acceptors (Lipinski definition) is 3. The van der Waals surface area contributed by atoms with Gasteiger partial charge in [-0.3, -0.25) is 4.79 Å². The van der Waals surface area contributed by atoms with Gasteiger partial charge >= 0.3 is 5.97 Å². The Bertz CT molecular complexity index is 998. The molecule has 0 unspecified atom stereocenters. The molecule has 1 aromatic heterocycles. The Hall–Kier alpha value is -3.60. The third-order valence-corrected chi connectivity index (χ3v) is 4.47. The number of nitrogens with zero attached hydrogens (tertiary/aromatic N) is 1. The number of aromatic nitrogens is 1. The molecule has 1 heterocycles. The standard InChI is InChI=1S/C24H23NO4/c1-18-7-11-20(12-8-18)24(28)22-6-4-16-25(22)15-3-2-5-19-9-13-21(14-10-19)29-17-23(26)27/h2,4-14,16H,3,15,17H2,1H3,(H,26,27)/b5-2+. The predicted molar refractivity (Wildman–Crippen MR) is 112 cm³/mol. The van der Waals surface area contributed by atoms with Crippen LogP contribution in [-0.2, 0) is 11.3 Å². The van der Waals surface area contributed by atoms with E-state index in [2.05, 4.69) is 0 Å². The molecule has 0 aliphatic heterocycles. The number of carboxylic acids is 1.